The van der Waals surface area contributed by atoms with Crippen LogP contribution < -0.4 is 10.6 Å². The number of amides is 4. The number of hydrogen-bond acceptors (Lipinski definition) is 8. The van der Waals surface area contributed by atoms with Crippen LogP contribution in [-0.4, -0.2) is 102 Å². The number of hydrogen-bond donors (Lipinski definition) is 3. The van der Waals surface area contributed by atoms with Crippen LogP contribution in [0.5, 0.6) is 0 Å². The van der Waals surface area contributed by atoms with Crippen LogP contribution in [0.4, 0.5) is 9.59 Å². The van der Waals surface area contributed by atoms with E-state index in [0.29, 0.717) is 32.0 Å². The van der Waals surface area contributed by atoms with Gasteiger partial charge in [0.05, 0.1) is 45.4 Å². The molecule has 0 bridgehead atoms. The van der Waals surface area contributed by atoms with Crippen LogP contribution >= 0.6 is 0 Å². The van der Waals surface area contributed by atoms with E-state index in [1.807, 2.05) is 29.8 Å². The normalized spacial score (nSPS) is 21.4. The quantitative estimate of drug-likeness (QED) is 0.149. The molecule has 304 valence electrons. The predicted octanol–water partition coefficient (Wildman–Crippen LogP) is 7.35. The van der Waals surface area contributed by atoms with Gasteiger partial charge in [0.25, 0.3) is 0 Å². The summed E-state index contributed by atoms with van der Waals surface area (Å²) in [4.78, 5) is 69.4. The van der Waals surface area contributed by atoms with Crippen LogP contribution in [0.15, 0.2) is 65.8 Å². The van der Waals surface area contributed by atoms with Crippen molar-refractivity contribution < 1.29 is 28.7 Å². The van der Waals surface area contributed by atoms with Crippen molar-refractivity contribution in [1.29, 1.82) is 0 Å². The SMILES string of the molecule is COC(=O)N[C@H](C(=O)N1CCC[C@H]1C1=NC=C(c2ccc(-c3ccc4c(ccc5[nH]c([C@@H]6C[Si](C)(C)CN6C(=O)C6(NC(=O)OC)CCC6)nc54)c3)cc2)C1)C(C)C. The van der Waals surface area contributed by atoms with Gasteiger partial charge in [-0.05, 0) is 83.8 Å². The number of nitrogens with zero attached hydrogens (tertiary/aromatic N) is 4. The molecule has 3 fully saturated rings. The molecule has 8 rings (SSSR count). The Bertz CT molecular complexity index is 2350. The number of H-pyrrole nitrogens is 1. The molecule has 3 aromatic carbocycles. The highest BCUT2D eigenvalue weighted by atomic mass is 28.3. The van der Waals surface area contributed by atoms with Gasteiger partial charge in [0.15, 0.2) is 0 Å². The molecule has 0 radical (unpaired) electrons. The number of ether oxygens (including phenoxy) is 2. The molecule has 1 aromatic heterocycles. The Labute approximate surface area is 339 Å². The Morgan fingerprint density at radius 2 is 1.62 bits per heavy atom. The van der Waals surface area contributed by atoms with Gasteiger partial charge in [0.2, 0.25) is 11.8 Å². The fourth-order valence-corrected chi connectivity index (χ4v) is 12.2. The topological polar surface area (TPSA) is 158 Å². The number of methoxy groups -OCH3 is 2. The number of aliphatic imine (C=N–C) groups is 1. The zero-order valence-corrected chi connectivity index (χ0v) is 35.2. The molecule has 13 nitrogen and oxygen atoms in total. The number of alkyl carbamates (subject to hydrolysis) is 2. The highest BCUT2D eigenvalue weighted by Crippen LogP contribution is 2.43. The Morgan fingerprint density at radius 3 is 2.31 bits per heavy atom. The van der Waals surface area contributed by atoms with E-state index in [1.165, 1.54) is 14.2 Å². The average Bonchev–Trinajstić information content (AvgIpc) is 4.02. The Kier molecular flexibility index (Phi) is 10.4. The van der Waals surface area contributed by atoms with Gasteiger partial charge in [-0.1, -0.05) is 69.4 Å². The number of carbonyl (C=O) groups excluding carboxylic acids is 4. The largest absolute Gasteiger partial charge is 0.453 e. The van der Waals surface area contributed by atoms with Crippen LogP contribution in [-0.2, 0) is 19.1 Å². The van der Waals surface area contributed by atoms with E-state index in [0.717, 1.165) is 80.9 Å². The van der Waals surface area contributed by atoms with E-state index in [2.05, 4.69) is 83.3 Å². The number of fused-ring (bicyclic) bond motifs is 3. The van der Waals surface area contributed by atoms with Crippen molar-refractivity contribution in [3.8, 4) is 11.1 Å². The number of rotatable bonds is 9. The fourth-order valence-electron chi connectivity index (χ4n) is 9.29. The van der Waals surface area contributed by atoms with Gasteiger partial charge in [-0.15, -0.1) is 0 Å². The summed E-state index contributed by atoms with van der Waals surface area (Å²) in [6, 6.07) is 19.1. The first-order chi connectivity index (χ1) is 27.8. The molecule has 1 aliphatic carbocycles. The zero-order chi connectivity index (χ0) is 40.9. The summed E-state index contributed by atoms with van der Waals surface area (Å²) in [5.41, 5.74) is 6.26. The maximum Gasteiger partial charge on any atom is 0.407 e. The van der Waals surface area contributed by atoms with Crippen molar-refractivity contribution in [2.75, 3.05) is 26.9 Å². The molecule has 3 N–H and O–H groups in total. The first-order valence-corrected chi connectivity index (χ1v) is 23.8. The summed E-state index contributed by atoms with van der Waals surface area (Å²) < 4.78 is 9.66. The molecule has 58 heavy (non-hydrogen) atoms. The van der Waals surface area contributed by atoms with Gasteiger partial charge in [0.1, 0.15) is 17.4 Å². The lowest BCUT2D eigenvalue weighted by Gasteiger charge is -2.43. The number of carbonyl (C=O) groups is 4. The van der Waals surface area contributed by atoms with E-state index in [-0.39, 0.29) is 29.8 Å². The van der Waals surface area contributed by atoms with E-state index in [9.17, 15) is 19.2 Å². The van der Waals surface area contributed by atoms with Crippen molar-refractivity contribution in [2.45, 2.75) is 95.2 Å². The Morgan fingerprint density at radius 1 is 0.897 bits per heavy atom. The molecule has 4 amide bonds. The minimum atomic E-state index is -1.76. The van der Waals surface area contributed by atoms with Crippen LogP contribution in [0.25, 0.3) is 38.5 Å². The number of likely N-dealkylation sites (tertiary alicyclic amines) is 1. The Hall–Kier alpha value is -5.50. The molecule has 3 atom stereocenters. The molecule has 0 unspecified atom stereocenters. The van der Waals surface area contributed by atoms with Crippen LogP contribution in [0.3, 0.4) is 0 Å². The summed E-state index contributed by atoms with van der Waals surface area (Å²) in [5, 5.41) is 7.71. The number of aromatic amines is 1. The van der Waals surface area contributed by atoms with Crippen molar-refractivity contribution in [2.24, 2.45) is 10.9 Å². The summed E-state index contributed by atoms with van der Waals surface area (Å²) >= 11 is 0. The zero-order valence-electron chi connectivity index (χ0n) is 34.2. The third kappa shape index (κ3) is 7.26. The average molecular weight is 804 g/mol. The van der Waals surface area contributed by atoms with Crippen molar-refractivity contribution in [3.05, 3.63) is 72.2 Å². The lowest BCUT2D eigenvalue weighted by atomic mass is 9.75. The molecule has 3 aliphatic heterocycles. The van der Waals surface area contributed by atoms with E-state index < -0.39 is 31.8 Å². The van der Waals surface area contributed by atoms with Gasteiger partial charge in [0, 0.05) is 36.4 Å². The minimum absolute atomic E-state index is 0.0380. The Balaban J connectivity index is 0.969. The van der Waals surface area contributed by atoms with Crippen LogP contribution in [0, 0.1) is 5.92 Å². The molecule has 2 saturated heterocycles. The van der Waals surface area contributed by atoms with Crippen LogP contribution in [0.2, 0.25) is 19.1 Å². The number of nitrogens with one attached hydrogen (secondary N) is 3. The smallest absolute Gasteiger partial charge is 0.407 e. The van der Waals surface area contributed by atoms with Gasteiger partial charge in [-0.25, -0.2) is 14.6 Å². The number of aromatic nitrogens is 2. The molecule has 14 heteroatoms. The van der Waals surface area contributed by atoms with Crippen molar-refractivity contribution in [3.63, 3.8) is 0 Å². The number of benzene rings is 3. The van der Waals surface area contributed by atoms with Gasteiger partial charge in [-0.3, -0.25) is 14.6 Å². The first-order valence-electron chi connectivity index (χ1n) is 20.4. The number of imidazole rings is 1. The van der Waals surface area contributed by atoms with Crippen LogP contribution in [0.1, 0.15) is 69.8 Å². The second-order valence-corrected chi connectivity index (χ2v) is 22.5. The summed E-state index contributed by atoms with van der Waals surface area (Å²) in [7, 11) is 0.875. The van der Waals surface area contributed by atoms with Crippen molar-refractivity contribution >= 4 is 65.2 Å². The molecule has 1 saturated carbocycles. The van der Waals surface area contributed by atoms with Gasteiger partial charge < -0.3 is 34.9 Å². The number of allylic oxidation sites excluding steroid dienone is 1. The molecule has 0 spiro atoms. The standard InChI is InChI=1S/C44H53N7O6Si/c1-26(2)37(48-42(54)56-3)40(52)50-20-7-9-35(50)34-22-31(23-45-34)28-12-10-27(11-13-28)29-14-16-32-30(21-29)15-17-33-38(32)47-39(46-33)36-24-58(5,6)25-51(36)41(53)44(18-8-19-44)49-43(55)57-4/h10-17,21,23,26,35-37H,7-9,18-20,22,24-25H2,1-6H3,(H,46,47)(H,48,54)(H,49,55)/t35-,36-,37-/m0/s1. The molecule has 4 aliphatic rings. The maximum absolute atomic E-state index is 14.1. The third-order valence-electron chi connectivity index (χ3n) is 12.6. The molecular weight excluding hydrogens is 751 g/mol. The minimum Gasteiger partial charge on any atom is -0.453 e. The summed E-state index contributed by atoms with van der Waals surface area (Å²) in [6.07, 6.45) is 5.95. The third-order valence-corrected chi connectivity index (χ3v) is 15.3. The van der Waals surface area contributed by atoms with E-state index in [1.54, 1.807) is 0 Å². The predicted molar refractivity (Wildman–Crippen MR) is 227 cm³/mol. The van der Waals surface area contributed by atoms with Crippen molar-refractivity contribution in [1.82, 2.24) is 30.4 Å². The second kappa shape index (κ2) is 15.3. The highest BCUT2D eigenvalue weighted by Gasteiger charge is 2.53. The second-order valence-electron chi connectivity index (χ2n) is 17.5. The lowest BCUT2D eigenvalue weighted by Crippen LogP contribution is -2.63. The molecule has 4 aromatic rings. The lowest BCUT2D eigenvalue weighted by molar-refractivity contribution is -0.142. The van der Waals surface area contributed by atoms with Gasteiger partial charge in [-0.2, -0.15) is 0 Å². The first kappa shape index (κ1) is 39.3. The maximum atomic E-state index is 14.1. The summed E-state index contributed by atoms with van der Waals surface area (Å²) in [5.74, 6) is 0.566. The fraction of sp³-hybridized carbons (Fsp3) is 0.455. The monoisotopic (exact) mass is 803 g/mol. The van der Waals surface area contributed by atoms with E-state index in [4.69, 9.17) is 19.5 Å². The highest BCUT2D eigenvalue weighted by molar-refractivity contribution is 6.78. The van der Waals surface area contributed by atoms with Gasteiger partial charge >= 0.3 is 12.2 Å². The van der Waals surface area contributed by atoms with E-state index >= 15 is 0 Å². The summed E-state index contributed by atoms with van der Waals surface area (Å²) in [6.45, 7) is 9.09. The molecular formula is C44H53N7O6Si. The molecule has 4 heterocycles.